The second-order valence-corrected chi connectivity index (χ2v) is 4.14. The van der Waals surface area contributed by atoms with Crippen molar-refractivity contribution in [1.29, 1.82) is 0 Å². The van der Waals surface area contributed by atoms with Gasteiger partial charge in [-0.1, -0.05) is 5.16 Å². The zero-order valence-corrected chi connectivity index (χ0v) is 10.1. The Labute approximate surface area is 101 Å². The van der Waals surface area contributed by atoms with Gasteiger partial charge in [-0.2, -0.15) is 4.98 Å². The second kappa shape index (κ2) is 6.68. The molecular formula is C11H19N3O3. The van der Waals surface area contributed by atoms with E-state index in [9.17, 15) is 0 Å². The fourth-order valence-electron chi connectivity index (χ4n) is 1.79. The molecule has 0 amide bonds. The Balaban J connectivity index is 1.72. The van der Waals surface area contributed by atoms with Gasteiger partial charge >= 0.3 is 0 Å². The summed E-state index contributed by atoms with van der Waals surface area (Å²) >= 11 is 0. The summed E-state index contributed by atoms with van der Waals surface area (Å²) in [5, 5.41) is 7.23. The van der Waals surface area contributed by atoms with Gasteiger partial charge in [0.25, 0.3) is 0 Å². The maximum atomic E-state index is 5.38. The molecule has 0 spiro atoms. The zero-order chi connectivity index (χ0) is 11.9. The van der Waals surface area contributed by atoms with Gasteiger partial charge in [-0.05, 0) is 12.8 Å². The average Bonchev–Trinajstić information content (AvgIpc) is 2.83. The molecule has 2 rings (SSSR count). The van der Waals surface area contributed by atoms with E-state index in [2.05, 4.69) is 15.5 Å². The molecule has 0 aliphatic carbocycles. The van der Waals surface area contributed by atoms with Crippen LogP contribution in [0.4, 0.5) is 0 Å². The van der Waals surface area contributed by atoms with Crippen molar-refractivity contribution in [3.05, 3.63) is 11.7 Å². The lowest BCUT2D eigenvalue weighted by atomic mass is 10.1. The lowest BCUT2D eigenvalue weighted by Crippen LogP contribution is -2.36. The molecule has 1 aliphatic rings. The Morgan fingerprint density at radius 2 is 2.47 bits per heavy atom. The van der Waals surface area contributed by atoms with Crippen LogP contribution in [0.5, 0.6) is 0 Å². The summed E-state index contributed by atoms with van der Waals surface area (Å²) < 4.78 is 15.5. The predicted molar refractivity (Wildman–Crippen MR) is 60.6 cm³/mol. The molecule has 1 atom stereocenters. The Morgan fingerprint density at radius 3 is 3.24 bits per heavy atom. The van der Waals surface area contributed by atoms with E-state index in [1.807, 2.05) is 0 Å². The van der Waals surface area contributed by atoms with Crippen molar-refractivity contribution in [2.75, 3.05) is 26.9 Å². The molecule has 0 aromatic carbocycles. The summed E-state index contributed by atoms with van der Waals surface area (Å²) in [5.74, 6) is 1.32. The number of nitrogens with zero attached hydrogens (tertiary/aromatic N) is 2. The van der Waals surface area contributed by atoms with Crippen LogP contribution in [0.2, 0.25) is 0 Å². The number of rotatable bonds is 6. The van der Waals surface area contributed by atoms with E-state index >= 15 is 0 Å². The molecular weight excluding hydrogens is 222 g/mol. The van der Waals surface area contributed by atoms with Gasteiger partial charge in [0, 0.05) is 26.2 Å². The first-order chi connectivity index (χ1) is 8.38. The molecule has 1 saturated heterocycles. The fraction of sp³-hybridized carbons (Fsp3) is 0.818. The van der Waals surface area contributed by atoms with Crippen LogP contribution in [0.3, 0.4) is 0 Å². The van der Waals surface area contributed by atoms with Crippen molar-refractivity contribution >= 4 is 0 Å². The minimum Gasteiger partial charge on any atom is -0.384 e. The Hall–Kier alpha value is -0.980. The third-order valence-electron chi connectivity index (χ3n) is 2.74. The minimum atomic E-state index is 0.401. The van der Waals surface area contributed by atoms with E-state index < -0.39 is 0 Å². The first kappa shape index (κ1) is 12.5. The Bertz CT molecular complexity index is 324. The standard InChI is InChI=1S/C11H19N3O3/c1-15-6-4-10-13-11(17-14-10)7-12-9-3-2-5-16-8-9/h9,12H,2-8H2,1H3/t9-/m0/s1. The van der Waals surface area contributed by atoms with Crippen molar-refractivity contribution in [3.63, 3.8) is 0 Å². The fourth-order valence-corrected chi connectivity index (χ4v) is 1.79. The molecule has 2 heterocycles. The summed E-state index contributed by atoms with van der Waals surface area (Å²) in [6.45, 7) is 2.86. The number of hydrogen-bond donors (Lipinski definition) is 1. The van der Waals surface area contributed by atoms with Crippen LogP contribution < -0.4 is 5.32 Å². The molecule has 1 aliphatic heterocycles. The van der Waals surface area contributed by atoms with E-state index in [1.165, 1.54) is 0 Å². The smallest absolute Gasteiger partial charge is 0.240 e. The van der Waals surface area contributed by atoms with Crippen molar-refractivity contribution in [2.45, 2.75) is 31.8 Å². The summed E-state index contributed by atoms with van der Waals surface area (Å²) in [6, 6.07) is 0.401. The van der Waals surface area contributed by atoms with Crippen LogP contribution in [0.1, 0.15) is 24.6 Å². The molecule has 6 nitrogen and oxygen atoms in total. The summed E-state index contributed by atoms with van der Waals surface area (Å²) in [7, 11) is 1.66. The summed E-state index contributed by atoms with van der Waals surface area (Å²) in [4.78, 5) is 4.27. The highest BCUT2D eigenvalue weighted by molar-refractivity contribution is 4.87. The van der Waals surface area contributed by atoms with E-state index in [1.54, 1.807) is 7.11 Å². The number of ether oxygens (including phenoxy) is 2. The van der Waals surface area contributed by atoms with Gasteiger partial charge < -0.3 is 19.3 Å². The van der Waals surface area contributed by atoms with Crippen LogP contribution in [-0.4, -0.2) is 43.1 Å². The second-order valence-electron chi connectivity index (χ2n) is 4.14. The topological polar surface area (TPSA) is 69.4 Å². The van der Waals surface area contributed by atoms with E-state index in [0.717, 1.165) is 26.1 Å². The quantitative estimate of drug-likeness (QED) is 0.783. The van der Waals surface area contributed by atoms with Gasteiger partial charge in [0.1, 0.15) is 0 Å². The number of hydrogen-bond acceptors (Lipinski definition) is 6. The van der Waals surface area contributed by atoms with Gasteiger partial charge in [0.2, 0.25) is 5.89 Å². The van der Waals surface area contributed by atoms with Gasteiger partial charge in [-0.3, -0.25) is 0 Å². The van der Waals surface area contributed by atoms with Crippen molar-refractivity contribution < 1.29 is 14.0 Å². The van der Waals surface area contributed by atoms with Gasteiger partial charge in [0.15, 0.2) is 5.82 Å². The average molecular weight is 241 g/mol. The van der Waals surface area contributed by atoms with Gasteiger partial charge in [0.05, 0.1) is 19.8 Å². The van der Waals surface area contributed by atoms with E-state index in [0.29, 0.717) is 37.3 Å². The SMILES string of the molecule is COCCc1noc(CN[C@H]2CCCOC2)n1. The highest BCUT2D eigenvalue weighted by atomic mass is 16.5. The van der Waals surface area contributed by atoms with Gasteiger partial charge in [-0.15, -0.1) is 0 Å². The Kier molecular flexibility index (Phi) is 4.90. The molecule has 96 valence electrons. The lowest BCUT2D eigenvalue weighted by Gasteiger charge is -2.22. The van der Waals surface area contributed by atoms with Crippen LogP contribution in [0, 0.1) is 0 Å². The molecule has 0 bridgehead atoms. The van der Waals surface area contributed by atoms with Crippen molar-refractivity contribution in [3.8, 4) is 0 Å². The molecule has 1 fully saturated rings. The highest BCUT2D eigenvalue weighted by Gasteiger charge is 2.14. The lowest BCUT2D eigenvalue weighted by molar-refractivity contribution is 0.0689. The molecule has 0 saturated carbocycles. The van der Waals surface area contributed by atoms with E-state index in [4.69, 9.17) is 14.0 Å². The third kappa shape index (κ3) is 4.07. The Morgan fingerprint density at radius 1 is 1.53 bits per heavy atom. The van der Waals surface area contributed by atoms with Gasteiger partial charge in [-0.25, -0.2) is 0 Å². The molecule has 1 aromatic heterocycles. The van der Waals surface area contributed by atoms with Crippen LogP contribution in [-0.2, 0) is 22.4 Å². The normalized spacial score (nSPS) is 20.6. The molecule has 1 N–H and O–H groups in total. The monoisotopic (exact) mass is 241 g/mol. The van der Waals surface area contributed by atoms with Crippen LogP contribution in [0.15, 0.2) is 4.52 Å². The first-order valence-electron chi connectivity index (χ1n) is 6.00. The third-order valence-corrected chi connectivity index (χ3v) is 2.74. The van der Waals surface area contributed by atoms with Crippen molar-refractivity contribution in [1.82, 2.24) is 15.5 Å². The molecule has 1 aromatic rings. The largest absolute Gasteiger partial charge is 0.384 e. The molecule has 6 heteroatoms. The number of methoxy groups -OCH3 is 1. The minimum absolute atomic E-state index is 0.401. The molecule has 17 heavy (non-hydrogen) atoms. The zero-order valence-electron chi connectivity index (χ0n) is 10.1. The summed E-state index contributed by atoms with van der Waals surface area (Å²) in [6.07, 6.45) is 2.94. The van der Waals surface area contributed by atoms with Crippen LogP contribution in [0.25, 0.3) is 0 Å². The van der Waals surface area contributed by atoms with E-state index in [-0.39, 0.29) is 0 Å². The molecule has 0 radical (unpaired) electrons. The highest BCUT2D eigenvalue weighted by Crippen LogP contribution is 2.07. The maximum Gasteiger partial charge on any atom is 0.240 e. The summed E-state index contributed by atoms with van der Waals surface area (Å²) in [5.41, 5.74) is 0. The van der Waals surface area contributed by atoms with Crippen molar-refractivity contribution in [2.24, 2.45) is 0 Å². The van der Waals surface area contributed by atoms with Crippen LogP contribution >= 0.6 is 0 Å². The first-order valence-corrected chi connectivity index (χ1v) is 6.00. The number of nitrogens with one attached hydrogen (secondary N) is 1. The predicted octanol–water partition coefficient (Wildman–Crippen LogP) is 0.527. The number of aromatic nitrogens is 2. The maximum absolute atomic E-state index is 5.38. The molecule has 0 unspecified atom stereocenters.